The maximum atomic E-state index is 12.1. The van der Waals surface area contributed by atoms with Crippen molar-refractivity contribution in [3.8, 4) is 0 Å². The SMILES string of the molecule is CC(CNC(=O)c1cc(I)ccc1Br)c1nccs1. The number of aromatic nitrogens is 1. The maximum absolute atomic E-state index is 12.1. The van der Waals surface area contributed by atoms with Gasteiger partial charge in [-0.3, -0.25) is 4.79 Å². The third-order valence-electron chi connectivity index (χ3n) is 2.61. The highest BCUT2D eigenvalue weighted by molar-refractivity contribution is 14.1. The molecule has 1 N–H and O–H groups in total. The number of carbonyl (C=O) groups is 1. The highest BCUT2D eigenvalue weighted by Crippen LogP contribution is 2.20. The van der Waals surface area contributed by atoms with E-state index < -0.39 is 0 Å². The van der Waals surface area contributed by atoms with E-state index in [1.165, 1.54) is 0 Å². The fourth-order valence-corrected chi connectivity index (χ4v) is 3.19. The molecule has 1 atom stereocenters. The Morgan fingerprint density at radius 3 is 3.05 bits per heavy atom. The Kier molecular flexibility index (Phi) is 5.35. The van der Waals surface area contributed by atoms with Gasteiger partial charge in [0.05, 0.1) is 10.6 Å². The fourth-order valence-electron chi connectivity index (χ4n) is 1.58. The largest absolute Gasteiger partial charge is 0.351 e. The third-order valence-corrected chi connectivity index (χ3v) is 4.98. The Morgan fingerprint density at radius 1 is 1.58 bits per heavy atom. The number of hydrogen-bond acceptors (Lipinski definition) is 3. The van der Waals surface area contributed by atoms with Crippen molar-refractivity contribution in [3.63, 3.8) is 0 Å². The molecule has 2 aromatic rings. The van der Waals surface area contributed by atoms with Gasteiger partial charge < -0.3 is 5.32 Å². The van der Waals surface area contributed by atoms with Crippen LogP contribution in [0.4, 0.5) is 0 Å². The quantitative estimate of drug-likeness (QED) is 0.714. The van der Waals surface area contributed by atoms with Crippen LogP contribution in [0.5, 0.6) is 0 Å². The highest BCUT2D eigenvalue weighted by Gasteiger charge is 2.13. The summed E-state index contributed by atoms with van der Waals surface area (Å²) in [7, 11) is 0. The second kappa shape index (κ2) is 6.81. The number of rotatable bonds is 4. The van der Waals surface area contributed by atoms with Crippen LogP contribution in [0.1, 0.15) is 28.2 Å². The molecule has 0 bridgehead atoms. The zero-order valence-electron chi connectivity index (χ0n) is 10.2. The number of amides is 1. The van der Waals surface area contributed by atoms with Gasteiger partial charge in [-0.1, -0.05) is 6.92 Å². The molecule has 0 radical (unpaired) electrons. The molecule has 0 saturated carbocycles. The summed E-state index contributed by atoms with van der Waals surface area (Å²) < 4.78 is 1.85. The maximum Gasteiger partial charge on any atom is 0.252 e. The smallest absolute Gasteiger partial charge is 0.252 e. The Bertz CT molecular complexity index is 574. The average molecular weight is 451 g/mol. The van der Waals surface area contributed by atoms with E-state index >= 15 is 0 Å². The second-order valence-electron chi connectivity index (χ2n) is 4.11. The van der Waals surface area contributed by atoms with Crippen LogP contribution >= 0.6 is 49.9 Å². The van der Waals surface area contributed by atoms with E-state index in [0.717, 1.165) is 13.1 Å². The van der Waals surface area contributed by atoms with Gasteiger partial charge in [-0.25, -0.2) is 4.98 Å². The van der Waals surface area contributed by atoms with Gasteiger partial charge in [-0.2, -0.15) is 0 Å². The summed E-state index contributed by atoms with van der Waals surface area (Å²) in [6.45, 7) is 2.65. The molecule has 0 aliphatic heterocycles. The molecule has 6 heteroatoms. The van der Waals surface area contributed by atoms with Gasteiger partial charge >= 0.3 is 0 Å². The van der Waals surface area contributed by atoms with Crippen LogP contribution in [-0.4, -0.2) is 17.4 Å². The van der Waals surface area contributed by atoms with Crippen molar-refractivity contribution >= 4 is 55.8 Å². The average Bonchev–Trinajstić information content (AvgIpc) is 2.92. The Hall–Kier alpha value is -0.470. The predicted octanol–water partition coefficient (Wildman–Crippen LogP) is 4.04. The number of hydrogen-bond donors (Lipinski definition) is 1. The molecule has 0 aliphatic carbocycles. The monoisotopic (exact) mass is 450 g/mol. The van der Waals surface area contributed by atoms with Gasteiger partial charge in [0.2, 0.25) is 0 Å². The normalized spacial score (nSPS) is 12.2. The standard InChI is InChI=1S/C13H12BrIN2OS/c1-8(13-16-4-5-19-13)7-17-12(18)10-6-9(15)2-3-11(10)14/h2-6,8H,7H2,1H3,(H,17,18). The zero-order valence-corrected chi connectivity index (χ0v) is 14.8. The molecule has 1 heterocycles. The molecule has 2 rings (SSSR count). The number of nitrogens with zero attached hydrogens (tertiary/aromatic N) is 1. The van der Waals surface area contributed by atoms with Crippen LogP contribution in [-0.2, 0) is 0 Å². The Balaban J connectivity index is 2.00. The number of benzene rings is 1. The first-order valence-electron chi connectivity index (χ1n) is 5.70. The first-order valence-corrected chi connectivity index (χ1v) is 8.45. The van der Waals surface area contributed by atoms with Crippen molar-refractivity contribution in [2.75, 3.05) is 6.54 Å². The number of carbonyl (C=O) groups excluding carboxylic acids is 1. The molecule has 0 spiro atoms. The van der Waals surface area contributed by atoms with Crippen LogP contribution in [0, 0.1) is 3.57 Å². The van der Waals surface area contributed by atoms with Gasteiger partial charge in [0, 0.05) is 32.1 Å². The molecular formula is C13H12BrIN2OS. The summed E-state index contributed by atoms with van der Waals surface area (Å²) >= 11 is 7.21. The van der Waals surface area contributed by atoms with Crippen molar-refractivity contribution in [1.29, 1.82) is 0 Å². The van der Waals surface area contributed by atoms with Crippen LogP contribution in [0.3, 0.4) is 0 Å². The molecule has 0 aliphatic rings. The molecule has 100 valence electrons. The predicted molar refractivity (Wildman–Crippen MR) is 89.7 cm³/mol. The van der Waals surface area contributed by atoms with Crippen molar-refractivity contribution < 1.29 is 4.79 Å². The van der Waals surface area contributed by atoms with E-state index in [1.807, 2.05) is 23.6 Å². The lowest BCUT2D eigenvalue weighted by atomic mass is 10.1. The van der Waals surface area contributed by atoms with Crippen molar-refractivity contribution in [2.24, 2.45) is 0 Å². The molecule has 1 amide bonds. The molecule has 0 saturated heterocycles. The molecule has 0 fully saturated rings. The van der Waals surface area contributed by atoms with Crippen LogP contribution < -0.4 is 5.32 Å². The highest BCUT2D eigenvalue weighted by atomic mass is 127. The number of nitrogens with one attached hydrogen (secondary N) is 1. The van der Waals surface area contributed by atoms with E-state index in [-0.39, 0.29) is 11.8 Å². The summed E-state index contributed by atoms with van der Waals surface area (Å²) in [6.07, 6.45) is 1.79. The summed E-state index contributed by atoms with van der Waals surface area (Å²) in [6, 6.07) is 5.72. The first kappa shape index (κ1) is 14.9. The van der Waals surface area contributed by atoms with Gasteiger partial charge in [0.1, 0.15) is 0 Å². The summed E-state index contributed by atoms with van der Waals surface area (Å²) in [5.41, 5.74) is 0.665. The van der Waals surface area contributed by atoms with Crippen LogP contribution in [0.2, 0.25) is 0 Å². The van der Waals surface area contributed by atoms with Crippen LogP contribution in [0.15, 0.2) is 34.2 Å². The minimum absolute atomic E-state index is 0.0613. The van der Waals surface area contributed by atoms with E-state index in [4.69, 9.17) is 0 Å². The minimum atomic E-state index is -0.0613. The lowest BCUT2D eigenvalue weighted by molar-refractivity contribution is 0.0951. The van der Waals surface area contributed by atoms with Crippen LogP contribution in [0.25, 0.3) is 0 Å². The zero-order chi connectivity index (χ0) is 13.8. The topological polar surface area (TPSA) is 42.0 Å². The fraction of sp³-hybridized carbons (Fsp3) is 0.231. The summed E-state index contributed by atoms with van der Waals surface area (Å²) in [5.74, 6) is 0.166. The molecule has 1 unspecified atom stereocenters. The number of thiazole rings is 1. The van der Waals surface area contributed by atoms with Gasteiger partial charge in [-0.05, 0) is 56.7 Å². The molecule has 1 aromatic heterocycles. The molecule has 1 aromatic carbocycles. The van der Waals surface area contributed by atoms with Gasteiger partial charge in [-0.15, -0.1) is 11.3 Å². The summed E-state index contributed by atoms with van der Waals surface area (Å²) in [5, 5.41) is 5.94. The van der Waals surface area contributed by atoms with E-state index in [1.54, 1.807) is 17.5 Å². The summed E-state index contributed by atoms with van der Waals surface area (Å²) in [4.78, 5) is 16.4. The van der Waals surface area contributed by atoms with Crippen molar-refractivity contribution in [3.05, 3.63) is 48.4 Å². The van der Waals surface area contributed by atoms with Gasteiger partial charge in [0.25, 0.3) is 5.91 Å². The molecular weight excluding hydrogens is 439 g/mol. The third kappa shape index (κ3) is 4.00. The van der Waals surface area contributed by atoms with E-state index in [9.17, 15) is 4.79 Å². The number of halogens is 2. The van der Waals surface area contributed by atoms with E-state index in [2.05, 4.69) is 55.7 Å². The van der Waals surface area contributed by atoms with Gasteiger partial charge in [0.15, 0.2) is 0 Å². The molecule has 19 heavy (non-hydrogen) atoms. The lowest BCUT2D eigenvalue weighted by Crippen LogP contribution is -2.27. The minimum Gasteiger partial charge on any atom is -0.351 e. The second-order valence-corrected chi connectivity index (χ2v) is 7.13. The lowest BCUT2D eigenvalue weighted by Gasteiger charge is -2.11. The Morgan fingerprint density at radius 2 is 2.37 bits per heavy atom. The van der Waals surface area contributed by atoms with Crippen molar-refractivity contribution in [2.45, 2.75) is 12.8 Å². The van der Waals surface area contributed by atoms with Crippen molar-refractivity contribution in [1.82, 2.24) is 10.3 Å². The van der Waals surface area contributed by atoms with E-state index in [0.29, 0.717) is 12.1 Å². The Labute approximate surface area is 138 Å². The molecule has 3 nitrogen and oxygen atoms in total. The first-order chi connectivity index (χ1) is 9.08.